The predicted molar refractivity (Wildman–Crippen MR) is 145 cm³/mol. The Labute approximate surface area is 227 Å². The maximum atomic E-state index is 12.7. The number of hydrogen-bond donors (Lipinski definition) is 3. The van der Waals surface area contributed by atoms with Crippen molar-refractivity contribution in [2.24, 2.45) is 0 Å². The van der Waals surface area contributed by atoms with Crippen LogP contribution in [0.3, 0.4) is 0 Å². The smallest absolute Gasteiger partial charge is 0.174 e. The van der Waals surface area contributed by atoms with Gasteiger partial charge in [0.25, 0.3) is 0 Å². The van der Waals surface area contributed by atoms with Crippen LogP contribution in [0.5, 0.6) is 28.7 Å². The van der Waals surface area contributed by atoms with Gasteiger partial charge in [0.1, 0.15) is 53.1 Å². The lowest BCUT2D eigenvalue weighted by Crippen LogP contribution is -2.48. The highest BCUT2D eigenvalue weighted by Gasteiger charge is 2.31. The molecule has 1 saturated heterocycles. The molecule has 0 saturated carbocycles. The molecule has 2 heterocycles. The van der Waals surface area contributed by atoms with Gasteiger partial charge in [-0.3, -0.25) is 14.6 Å². The van der Waals surface area contributed by atoms with Crippen molar-refractivity contribution in [2.75, 3.05) is 46.4 Å². The number of ether oxygens (including phenoxy) is 3. The fourth-order valence-electron chi connectivity index (χ4n) is 5.04. The monoisotopic (exact) mass is 534 g/mol. The summed E-state index contributed by atoms with van der Waals surface area (Å²) in [5.41, 5.74) is 2.12. The number of carbonyl (C=O) groups excluding carboxylic acids is 1. The summed E-state index contributed by atoms with van der Waals surface area (Å²) in [5.74, 6) is 1.09. The van der Waals surface area contributed by atoms with Gasteiger partial charge in [-0.25, -0.2) is 0 Å². The number of β-amino-alcohol motifs (C(OH)–C–C–N with tert-alkyl or cyclic N) is 1. The van der Waals surface area contributed by atoms with Crippen molar-refractivity contribution in [3.05, 3.63) is 77.4 Å². The molecule has 2 atom stereocenters. The highest BCUT2D eigenvalue weighted by Crippen LogP contribution is 2.42. The summed E-state index contributed by atoms with van der Waals surface area (Å²) < 4.78 is 17.0. The van der Waals surface area contributed by atoms with Crippen molar-refractivity contribution in [1.82, 2.24) is 9.80 Å². The van der Waals surface area contributed by atoms with Gasteiger partial charge in [-0.05, 0) is 35.4 Å². The van der Waals surface area contributed by atoms with Crippen LogP contribution in [0, 0.1) is 0 Å². The van der Waals surface area contributed by atoms with Gasteiger partial charge in [0.2, 0.25) is 0 Å². The molecule has 39 heavy (non-hydrogen) atoms. The third-order valence-electron chi connectivity index (χ3n) is 7.18. The Kier molecular flexibility index (Phi) is 8.21. The van der Waals surface area contributed by atoms with Crippen LogP contribution in [-0.2, 0) is 6.54 Å². The first-order chi connectivity index (χ1) is 18.9. The second-order valence-corrected chi connectivity index (χ2v) is 10.0. The Hall–Kier alpha value is -3.79. The minimum absolute atomic E-state index is 0.0413. The summed E-state index contributed by atoms with van der Waals surface area (Å²) in [6, 6.07) is 17.6. The van der Waals surface area contributed by atoms with Gasteiger partial charge in [0.05, 0.1) is 13.5 Å². The number of aliphatic hydroxyl groups is 1. The highest BCUT2D eigenvalue weighted by molar-refractivity contribution is 6.02. The summed E-state index contributed by atoms with van der Waals surface area (Å²) in [6.45, 7) is 4.91. The maximum absolute atomic E-state index is 12.7. The minimum Gasteiger partial charge on any atom is -0.508 e. The zero-order valence-corrected chi connectivity index (χ0v) is 22.0. The number of aliphatic hydroxyl groups excluding tert-OH is 1. The number of phenols is 2. The second kappa shape index (κ2) is 11.9. The van der Waals surface area contributed by atoms with E-state index in [0.717, 1.165) is 44.0 Å². The van der Waals surface area contributed by atoms with Crippen molar-refractivity contribution < 1.29 is 34.3 Å². The molecule has 1 fully saturated rings. The molecule has 0 bridgehead atoms. The number of carbonyl (C=O) groups is 1. The van der Waals surface area contributed by atoms with E-state index in [4.69, 9.17) is 14.2 Å². The number of fused-ring (bicyclic) bond motifs is 1. The molecule has 9 heteroatoms. The molecule has 3 aromatic rings. The van der Waals surface area contributed by atoms with Crippen LogP contribution < -0.4 is 14.2 Å². The number of phenolic OH excluding ortho intramolecular Hbond substituents is 2. The third kappa shape index (κ3) is 6.62. The molecule has 206 valence electrons. The summed E-state index contributed by atoms with van der Waals surface area (Å²) >= 11 is 0. The van der Waals surface area contributed by atoms with Gasteiger partial charge in [-0.2, -0.15) is 0 Å². The molecule has 3 N–H and O–H groups in total. The fraction of sp³-hybridized carbons (Fsp3) is 0.367. The van der Waals surface area contributed by atoms with Crippen LogP contribution in [-0.4, -0.2) is 83.4 Å². The normalized spacial score (nSPS) is 18.7. The number of aromatic hydroxyl groups is 2. The number of rotatable bonds is 9. The molecular weight excluding hydrogens is 500 g/mol. The summed E-state index contributed by atoms with van der Waals surface area (Å²) in [6.07, 6.45) is -1.17. The van der Waals surface area contributed by atoms with Crippen LogP contribution in [0.2, 0.25) is 0 Å². The lowest BCUT2D eigenvalue weighted by molar-refractivity contribution is 0.0444. The molecule has 2 aliphatic rings. The zero-order valence-electron chi connectivity index (χ0n) is 22.0. The number of benzene rings is 3. The molecule has 0 aliphatic carbocycles. The van der Waals surface area contributed by atoms with Crippen molar-refractivity contribution in [3.63, 3.8) is 0 Å². The average molecular weight is 535 g/mol. The van der Waals surface area contributed by atoms with Crippen molar-refractivity contribution in [2.45, 2.75) is 25.2 Å². The lowest BCUT2D eigenvalue weighted by Gasteiger charge is -2.35. The highest BCUT2D eigenvalue weighted by atomic mass is 16.5. The second-order valence-electron chi connectivity index (χ2n) is 10.0. The summed E-state index contributed by atoms with van der Waals surface area (Å²) in [7, 11) is 1.66. The number of ketones is 1. The average Bonchev–Trinajstić information content (AvgIpc) is 2.93. The van der Waals surface area contributed by atoms with Gasteiger partial charge in [-0.1, -0.05) is 24.3 Å². The summed E-state index contributed by atoms with van der Waals surface area (Å²) in [5, 5.41) is 30.6. The fourth-order valence-corrected chi connectivity index (χ4v) is 5.04. The van der Waals surface area contributed by atoms with Crippen molar-refractivity contribution in [1.29, 1.82) is 0 Å². The molecule has 2 unspecified atom stereocenters. The largest absolute Gasteiger partial charge is 0.508 e. The van der Waals surface area contributed by atoms with E-state index in [1.54, 1.807) is 25.3 Å². The first-order valence-corrected chi connectivity index (χ1v) is 13.1. The first-order valence-electron chi connectivity index (χ1n) is 13.1. The summed E-state index contributed by atoms with van der Waals surface area (Å²) in [4.78, 5) is 17.3. The molecule has 0 aromatic heterocycles. The van der Waals surface area contributed by atoms with Gasteiger partial charge in [-0.15, -0.1) is 0 Å². The number of piperazine rings is 1. The first kappa shape index (κ1) is 26.8. The van der Waals surface area contributed by atoms with Crippen LogP contribution >= 0.6 is 0 Å². The predicted octanol–water partition coefficient (Wildman–Crippen LogP) is 3.37. The van der Waals surface area contributed by atoms with E-state index in [1.807, 2.05) is 12.1 Å². The standard InChI is InChI=1S/C30H34N2O7/c1-37-24-8-2-20(3-9-24)17-31-10-12-32(13-11-31)18-23(34)19-38-25-14-26(35)30-27(36)16-28(39-29(30)15-25)21-4-6-22(33)7-5-21/h2-9,14-15,23,28,33-35H,10-13,16-19H2,1H3. The van der Waals surface area contributed by atoms with Crippen LogP contribution in [0.15, 0.2) is 60.7 Å². The zero-order chi connectivity index (χ0) is 27.4. The Morgan fingerprint density at radius 1 is 0.949 bits per heavy atom. The maximum Gasteiger partial charge on any atom is 0.174 e. The van der Waals surface area contributed by atoms with E-state index in [-0.39, 0.29) is 41.6 Å². The molecule has 0 amide bonds. The van der Waals surface area contributed by atoms with Crippen LogP contribution in [0.25, 0.3) is 0 Å². The molecule has 0 radical (unpaired) electrons. The van der Waals surface area contributed by atoms with Crippen LogP contribution in [0.1, 0.15) is 34.0 Å². The van der Waals surface area contributed by atoms with Crippen LogP contribution in [0.4, 0.5) is 0 Å². The van der Waals surface area contributed by atoms with E-state index >= 15 is 0 Å². The van der Waals surface area contributed by atoms with Crippen molar-refractivity contribution in [3.8, 4) is 28.7 Å². The molecular formula is C30H34N2O7. The SMILES string of the molecule is COc1ccc(CN2CCN(CC(O)COc3cc(O)c4c(c3)OC(c3ccc(O)cc3)CC4=O)CC2)cc1. The van der Waals surface area contributed by atoms with E-state index in [0.29, 0.717) is 12.3 Å². The van der Waals surface area contributed by atoms with Gasteiger partial charge >= 0.3 is 0 Å². The Morgan fingerprint density at radius 2 is 1.64 bits per heavy atom. The molecule has 0 spiro atoms. The van der Waals surface area contributed by atoms with Crippen molar-refractivity contribution >= 4 is 5.78 Å². The van der Waals surface area contributed by atoms with Gasteiger partial charge in [0, 0.05) is 51.4 Å². The molecule has 3 aromatic carbocycles. The molecule has 5 rings (SSSR count). The Bertz CT molecular complexity index is 1270. The minimum atomic E-state index is -0.719. The van der Waals surface area contributed by atoms with E-state index in [1.165, 1.54) is 23.8 Å². The number of Topliss-reactive ketones (excluding diaryl/α,β-unsaturated/α-hetero) is 1. The number of methoxy groups -OCH3 is 1. The molecule has 2 aliphatic heterocycles. The Balaban J connectivity index is 1.11. The number of nitrogens with zero attached hydrogens (tertiary/aromatic N) is 2. The van der Waals surface area contributed by atoms with E-state index < -0.39 is 12.2 Å². The number of hydrogen-bond acceptors (Lipinski definition) is 9. The van der Waals surface area contributed by atoms with Gasteiger partial charge in [0.15, 0.2) is 5.78 Å². The molecule has 9 nitrogen and oxygen atoms in total. The topological polar surface area (TPSA) is 112 Å². The lowest BCUT2D eigenvalue weighted by atomic mass is 9.95. The Morgan fingerprint density at radius 3 is 2.33 bits per heavy atom. The third-order valence-corrected chi connectivity index (χ3v) is 7.18. The quantitative estimate of drug-likeness (QED) is 0.380. The van der Waals surface area contributed by atoms with E-state index in [2.05, 4.69) is 21.9 Å². The van der Waals surface area contributed by atoms with E-state index in [9.17, 15) is 20.1 Å². The van der Waals surface area contributed by atoms with Gasteiger partial charge < -0.3 is 29.5 Å².